The van der Waals surface area contributed by atoms with Crippen LogP contribution < -0.4 is 32.3 Å². The maximum Gasteiger partial charge on any atom is 0.269 e. The number of benzene rings is 1. The summed E-state index contributed by atoms with van der Waals surface area (Å²) in [6.45, 7) is 11.1. The minimum Gasteiger partial charge on any atom is -0.393 e. The summed E-state index contributed by atoms with van der Waals surface area (Å²) in [6.07, 6.45) is 12.4. The van der Waals surface area contributed by atoms with E-state index >= 15 is 0 Å². The maximum atomic E-state index is 12.8. The Balaban J connectivity index is 0.000000393. The van der Waals surface area contributed by atoms with Crippen LogP contribution >= 0.6 is 0 Å². The number of hydrogen-bond acceptors (Lipinski definition) is 12. The number of carbonyl (C=O) groups excluding carboxylic acids is 3. The van der Waals surface area contributed by atoms with E-state index in [0.717, 1.165) is 85.2 Å². The zero-order valence-electron chi connectivity index (χ0n) is 33.9. The van der Waals surface area contributed by atoms with E-state index in [-0.39, 0.29) is 29.7 Å². The van der Waals surface area contributed by atoms with Crippen molar-refractivity contribution in [3.63, 3.8) is 0 Å². The summed E-state index contributed by atoms with van der Waals surface area (Å²) in [5.41, 5.74) is 19.3. The molecule has 1 atom stereocenters. The highest BCUT2D eigenvalue weighted by atomic mass is 16.2. The lowest BCUT2D eigenvalue weighted by molar-refractivity contribution is -0.117. The van der Waals surface area contributed by atoms with Gasteiger partial charge in [0.25, 0.3) is 5.91 Å². The van der Waals surface area contributed by atoms with Crippen LogP contribution in [0, 0.1) is 5.92 Å². The van der Waals surface area contributed by atoms with E-state index in [2.05, 4.69) is 67.4 Å². The number of nitrogens with one attached hydrogen (secondary N) is 3. The van der Waals surface area contributed by atoms with E-state index in [1.165, 1.54) is 25.9 Å². The molecule has 8 rings (SSSR count). The molecule has 3 aromatic rings. The monoisotopic (exact) mass is 767 g/mol. The summed E-state index contributed by atoms with van der Waals surface area (Å²) in [6, 6.07) is 12.1. The molecule has 302 valence electrons. The first-order valence-electron chi connectivity index (χ1n) is 20.0. The van der Waals surface area contributed by atoms with Gasteiger partial charge < -0.3 is 42.0 Å². The van der Waals surface area contributed by atoms with Gasteiger partial charge in [0.15, 0.2) is 6.29 Å². The number of rotatable bonds is 11. The second kappa shape index (κ2) is 19.6. The van der Waals surface area contributed by atoms with Gasteiger partial charge in [-0.25, -0.2) is 4.98 Å². The Morgan fingerprint density at radius 2 is 1.66 bits per heavy atom. The molecule has 3 aliphatic heterocycles. The molecule has 14 heteroatoms. The van der Waals surface area contributed by atoms with Crippen molar-refractivity contribution in [2.75, 3.05) is 57.5 Å². The van der Waals surface area contributed by atoms with Crippen LogP contribution in [0.25, 0.3) is 11.1 Å². The Morgan fingerprint density at radius 3 is 2.23 bits per heavy atom. The first kappa shape index (κ1) is 41.9. The van der Waals surface area contributed by atoms with Crippen LogP contribution in [0.2, 0.25) is 0 Å². The molecule has 4 fully saturated rings. The largest absolute Gasteiger partial charge is 0.393 e. The standard InChI is InChI=1S/C31H38N10O2.C5H11N.C4H6O.C2H6/c1-18(24-8-4-6-20(17-42)36-24)40-14-21(15-40)41-27-16-39(3)30-22(23(27)13-35-41)7-5-9-25(30)38-26(12-28(32)34-2)29(33)31(43)37-19-10-11-19;1-6-4-2-3-5-6;5-3-4-1-2-4;1-2/h4-9,12-13,17-19,21,34,38H,10-11,14-16,32-33H2,1-3H3,(H,37,43);2-5H2,1H3;3-4H,1-2H2;1-2H3/b28-12+,29-26+;;;. The molecule has 5 heterocycles. The number of allylic oxidation sites excluding steroid dienone is 1. The Labute approximate surface area is 331 Å². The maximum absolute atomic E-state index is 12.8. The quantitative estimate of drug-likeness (QED) is 0.105. The highest BCUT2D eigenvalue weighted by Crippen LogP contribution is 2.44. The van der Waals surface area contributed by atoms with Crippen molar-refractivity contribution < 1.29 is 14.4 Å². The minimum absolute atomic E-state index is 0.0755. The summed E-state index contributed by atoms with van der Waals surface area (Å²) < 4.78 is 2.15. The summed E-state index contributed by atoms with van der Waals surface area (Å²) in [5.74, 6) is 0.514. The third-order valence-electron chi connectivity index (χ3n) is 10.6. The van der Waals surface area contributed by atoms with Gasteiger partial charge >= 0.3 is 0 Å². The third kappa shape index (κ3) is 10.5. The molecule has 2 saturated carbocycles. The molecule has 0 bridgehead atoms. The number of nitrogens with zero attached hydrogens (tertiary/aromatic N) is 6. The predicted molar refractivity (Wildman–Crippen MR) is 223 cm³/mol. The number of likely N-dealkylation sites (tertiary alicyclic amines) is 2. The molecule has 2 saturated heterocycles. The zero-order chi connectivity index (χ0) is 40.4. The fourth-order valence-corrected chi connectivity index (χ4v) is 6.85. The molecule has 0 spiro atoms. The number of fused-ring (bicyclic) bond motifs is 3. The Bertz CT molecular complexity index is 1870. The van der Waals surface area contributed by atoms with Gasteiger partial charge in [0, 0.05) is 62.4 Å². The number of carbonyl (C=O) groups is 3. The van der Waals surface area contributed by atoms with Crippen LogP contribution in [0.5, 0.6) is 0 Å². The van der Waals surface area contributed by atoms with Crippen LogP contribution in [-0.4, -0.2) is 96.4 Å². The number of aromatic nitrogens is 3. The van der Waals surface area contributed by atoms with Gasteiger partial charge in [0.1, 0.15) is 17.7 Å². The molecule has 1 unspecified atom stereocenters. The van der Waals surface area contributed by atoms with Crippen LogP contribution in [0.4, 0.5) is 11.4 Å². The van der Waals surface area contributed by atoms with Crippen LogP contribution in [0.3, 0.4) is 0 Å². The highest BCUT2D eigenvalue weighted by Gasteiger charge is 2.37. The average Bonchev–Trinajstić information content (AvgIpc) is 4.13. The van der Waals surface area contributed by atoms with Crippen molar-refractivity contribution >= 4 is 29.9 Å². The van der Waals surface area contributed by atoms with E-state index < -0.39 is 0 Å². The summed E-state index contributed by atoms with van der Waals surface area (Å²) in [4.78, 5) is 45.0. The van der Waals surface area contributed by atoms with Gasteiger partial charge in [0.2, 0.25) is 0 Å². The summed E-state index contributed by atoms with van der Waals surface area (Å²) in [7, 11) is 5.94. The molecule has 2 aliphatic carbocycles. The second-order valence-corrected chi connectivity index (χ2v) is 14.9. The molecule has 0 radical (unpaired) electrons. The van der Waals surface area contributed by atoms with E-state index in [0.29, 0.717) is 29.7 Å². The second-order valence-electron chi connectivity index (χ2n) is 14.9. The number of aldehydes is 2. The zero-order valence-corrected chi connectivity index (χ0v) is 33.9. The van der Waals surface area contributed by atoms with Gasteiger partial charge in [-0.05, 0) is 83.8 Å². The van der Waals surface area contributed by atoms with Gasteiger partial charge in [-0.3, -0.25) is 19.2 Å². The Kier molecular flexibility index (Phi) is 14.7. The van der Waals surface area contributed by atoms with Crippen LogP contribution in [0.15, 0.2) is 65.9 Å². The number of nitrogens with two attached hydrogens (primary N) is 2. The molecule has 2 aromatic heterocycles. The van der Waals surface area contributed by atoms with E-state index in [9.17, 15) is 14.4 Å². The third-order valence-corrected chi connectivity index (χ3v) is 10.6. The smallest absolute Gasteiger partial charge is 0.269 e. The molecule has 56 heavy (non-hydrogen) atoms. The first-order valence-corrected chi connectivity index (χ1v) is 20.0. The van der Waals surface area contributed by atoms with Crippen molar-refractivity contribution in [3.05, 3.63) is 83.0 Å². The molecule has 7 N–H and O–H groups in total. The fourth-order valence-electron chi connectivity index (χ4n) is 6.85. The molecular formula is C42H61N11O3. The van der Waals surface area contributed by atoms with Gasteiger partial charge in [0.05, 0.1) is 53.1 Å². The lowest BCUT2D eigenvalue weighted by Crippen LogP contribution is -2.49. The van der Waals surface area contributed by atoms with Crippen molar-refractivity contribution in [2.24, 2.45) is 17.4 Å². The summed E-state index contributed by atoms with van der Waals surface area (Å²) in [5, 5.41) is 14.1. The Morgan fingerprint density at radius 1 is 0.964 bits per heavy atom. The number of para-hydroxylation sites is 1. The van der Waals surface area contributed by atoms with Gasteiger partial charge in [-0.2, -0.15) is 5.10 Å². The Hall–Kier alpha value is -5.21. The number of amides is 1. The average molecular weight is 768 g/mol. The molecular weight excluding hydrogens is 707 g/mol. The number of hydrogen-bond donors (Lipinski definition) is 5. The fraction of sp³-hybridized carbons (Fsp3) is 0.500. The van der Waals surface area contributed by atoms with E-state index in [4.69, 9.17) is 16.6 Å². The normalized spacial score (nSPS) is 18.8. The topological polar surface area (TPSA) is 180 Å². The first-order chi connectivity index (χ1) is 27.1. The van der Waals surface area contributed by atoms with E-state index in [1.807, 2.05) is 44.3 Å². The number of anilines is 2. The van der Waals surface area contributed by atoms with Crippen molar-refractivity contribution in [1.82, 2.24) is 35.2 Å². The highest BCUT2D eigenvalue weighted by molar-refractivity contribution is 5.96. The molecule has 5 aliphatic rings. The van der Waals surface area contributed by atoms with Crippen LogP contribution in [-0.2, 0) is 16.1 Å². The van der Waals surface area contributed by atoms with Crippen molar-refractivity contribution in [2.45, 2.75) is 84.0 Å². The molecule has 14 nitrogen and oxygen atoms in total. The number of pyridine rings is 1. The van der Waals surface area contributed by atoms with Gasteiger partial charge in [-0.15, -0.1) is 0 Å². The molecule has 1 aromatic carbocycles. The molecule has 1 amide bonds. The SMILES string of the molecule is CC.CN/C(N)=C/C(Nc1cccc2c1N(C)Cc1c-2cnn1C1CN(C(C)c2cccc(C=O)n2)C1)=C(\N)C(=O)NC1CC1.CN1CCCC1.O=CC1CC1. The summed E-state index contributed by atoms with van der Waals surface area (Å²) >= 11 is 0. The van der Waals surface area contributed by atoms with Gasteiger partial charge in [-0.1, -0.05) is 32.0 Å². The van der Waals surface area contributed by atoms with Crippen molar-refractivity contribution in [1.29, 1.82) is 0 Å². The van der Waals surface area contributed by atoms with Crippen LogP contribution in [0.1, 0.15) is 93.3 Å². The predicted octanol–water partition coefficient (Wildman–Crippen LogP) is 4.54. The minimum atomic E-state index is -0.317. The lowest BCUT2D eigenvalue weighted by Gasteiger charge is -2.44. The van der Waals surface area contributed by atoms with Crippen molar-refractivity contribution in [3.8, 4) is 11.1 Å². The van der Waals surface area contributed by atoms with E-state index in [1.54, 1.807) is 19.2 Å². The lowest BCUT2D eigenvalue weighted by atomic mass is 9.97.